The first kappa shape index (κ1) is 13.8. The first-order valence-electron chi connectivity index (χ1n) is 7.05. The molecule has 0 radical (unpaired) electrons. The molecule has 18 heavy (non-hydrogen) atoms. The van der Waals surface area contributed by atoms with E-state index in [2.05, 4.69) is 25.8 Å². The fraction of sp³-hybridized carbons (Fsp3) is 0.929. The molecule has 0 aliphatic carbocycles. The lowest BCUT2D eigenvalue weighted by molar-refractivity contribution is -0.143. The van der Waals surface area contributed by atoms with E-state index in [1.54, 1.807) is 0 Å². The summed E-state index contributed by atoms with van der Waals surface area (Å²) in [4.78, 5) is 16.6. The molecule has 1 N–H and O–H groups in total. The van der Waals surface area contributed by atoms with E-state index in [0.29, 0.717) is 6.54 Å². The second-order valence-corrected chi connectivity index (χ2v) is 6.64. The average Bonchev–Trinajstić information content (AvgIpc) is 2.32. The number of aliphatic hydroxyl groups excluding tert-OH is 1. The molecule has 2 rings (SSSR count). The lowest BCUT2D eigenvalue weighted by Crippen LogP contribution is -2.53. The standard InChI is InChI=1S/C14H26N2O2/c1-14(2)6-8-16(10-12(14)17)13(18)11-5-4-7-15(3)9-11/h11-12,17H,4-10H2,1-3H3. The van der Waals surface area contributed by atoms with Gasteiger partial charge < -0.3 is 14.9 Å². The third kappa shape index (κ3) is 2.86. The Kier molecular flexibility index (Phi) is 3.97. The van der Waals surface area contributed by atoms with Crippen LogP contribution in [0.15, 0.2) is 0 Å². The summed E-state index contributed by atoms with van der Waals surface area (Å²) >= 11 is 0. The van der Waals surface area contributed by atoms with E-state index in [-0.39, 0.29) is 17.2 Å². The number of piperidine rings is 2. The number of aliphatic hydroxyl groups is 1. The molecule has 0 aromatic rings. The second-order valence-electron chi connectivity index (χ2n) is 6.64. The molecular weight excluding hydrogens is 228 g/mol. The van der Waals surface area contributed by atoms with Crippen molar-refractivity contribution >= 4 is 5.91 Å². The van der Waals surface area contributed by atoms with Crippen molar-refractivity contribution in [2.24, 2.45) is 11.3 Å². The van der Waals surface area contributed by atoms with Crippen molar-refractivity contribution in [3.05, 3.63) is 0 Å². The summed E-state index contributed by atoms with van der Waals surface area (Å²) in [5, 5.41) is 10.1. The molecule has 0 bridgehead atoms. The van der Waals surface area contributed by atoms with Crippen LogP contribution in [-0.4, -0.2) is 60.1 Å². The Morgan fingerprint density at radius 3 is 2.61 bits per heavy atom. The number of amides is 1. The van der Waals surface area contributed by atoms with Crippen LogP contribution in [0.2, 0.25) is 0 Å². The Morgan fingerprint density at radius 1 is 1.28 bits per heavy atom. The predicted molar refractivity (Wildman–Crippen MR) is 71.2 cm³/mol. The fourth-order valence-electron chi connectivity index (χ4n) is 2.96. The Morgan fingerprint density at radius 2 is 2.00 bits per heavy atom. The van der Waals surface area contributed by atoms with Gasteiger partial charge in [0.05, 0.1) is 12.0 Å². The molecule has 0 aromatic heterocycles. The lowest BCUT2D eigenvalue weighted by Gasteiger charge is -2.43. The van der Waals surface area contributed by atoms with Gasteiger partial charge in [0.15, 0.2) is 0 Å². The molecule has 104 valence electrons. The van der Waals surface area contributed by atoms with Crippen molar-refractivity contribution in [3.63, 3.8) is 0 Å². The van der Waals surface area contributed by atoms with E-state index in [1.807, 2.05) is 4.90 Å². The highest BCUT2D eigenvalue weighted by atomic mass is 16.3. The van der Waals surface area contributed by atoms with Gasteiger partial charge in [-0.3, -0.25) is 4.79 Å². The molecule has 2 fully saturated rings. The average molecular weight is 254 g/mol. The van der Waals surface area contributed by atoms with Crippen LogP contribution in [0.5, 0.6) is 0 Å². The maximum Gasteiger partial charge on any atom is 0.227 e. The van der Waals surface area contributed by atoms with Gasteiger partial charge >= 0.3 is 0 Å². The van der Waals surface area contributed by atoms with Crippen molar-refractivity contribution in [3.8, 4) is 0 Å². The Balaban J connectivity index is 1.94. The molecule has 2 aliphatic rings. The van der Waals surface area contributed by atoms with Crippen LogP contribution in [0.1, 0.15) is 33.1 Å². The van der Waals surface area contributed by atoms with E-state index >= 15 is 0 Å². The van der Waals surface area contributed by atoms with Crippen LogP contribution in [-0.2, 0) is 4.79 Å². The van der Waals surface area contributed by atoms with Crippen LogP contribution >= 0.6 is 0 Å². The van der Waals surface area contributed by atoms with Crippen LogP contribution in [0.3, 0.4) is 0 Å². The molecule has 0 aromatic carbocycles. The lowest BCUT2D eigenvalue weighted by atomic mass is 9.79. The Bertz CT molecular complexity index is 317. The molecule has 0 spiro atoms. The maximum absolute atomic E-state index is 12.4. The maximum atomic E-state index is 12.4. The van der Waals surface area contributed by atoms with Gasteiger partial charge in [-0.1, -0.05) is 13.8 Å². The van der Waals surface area contributed by atoms with Gasteiger partial charge in [-0.25, -0.2) is 0 Å². The number of hydrogen-bond donors (Lipinski definition) is 1. The van der Waals surface area contributed by atoms with Crippen molar-refractivity contribution in [1.82, 2.24) is 9.80 Å². The van der Waals surface area contributed by atoms with Crippen molar-refractivity contribution < 1.29 is 9.90 Å². The van der Waals surface area contributed by atoms with Crippen molar-refractivity contribution in [1.29, 1.82) is 0 Å². The zero-order valence-electron chi connectivity index (χ0n) is 11.9. The van der Waals surface area contributed by atoms with Gasteiger partial charge in [0.2, 0.25) is 5.91 Å². The molecule has 2 aliphatic heterocycles. The van der Waals surface area contributed by atoms with Gasteiger partial charge in [0, 0.05) is 19.6 Å². The number of likely N-dealkylation sites (tertiary alicyclic amines) is 2. The molecule has 2 atom stereocenters. The summed E-state index contributed by atoms with van der Waals surface area (Å²) in [5.41, 5.74) is -0.0554. The molecule has 2 unspecified atom stereocenters. The van der Waals surface area contributed by atoms with E-state index in [1.165, 1.54) is 0 Å². The normalized spacial score (nSPS) is 33.4. The number of nitrogens with zero attached hydrogens (tertiary/aromatic N) is 2. The zero-order chi connectivity index (χ0) is 13.3. The minimum Gasteiger partial charge on any atom is -0.391 e. The van der Waals surface area contributed by atoms with Gasteiger partial charge in [0.25, 0.3) is 0 Å². The molecule has 4 heteroatoms. The molecule has 4 nitrogen and oxygen atoms in total. The van der Waals surface area contributed by atoms with E-state index in [9.17, 15) is 9.90 Å². The quantitative estimate of drug-likeness (QED) is 0.757. The number of hydrogen-bond acceptors (Lipinski definition) is 3. The predicted octanol–water partition coefficient (Wildman–Crippen LogP) is 0.948. The molecule has 2 heterocycles. The van der Waals surface area contributed by atoms with Gasteiger partial charge in [-0.15, -0.1) is 0 Å². The highest BCUT2D eigenvalue weighted by Crippen LogP contribution is 2.31. The zero-order valence-corrected chi connectivity index (χ0v) is 11.9. The number of carbonyl (C=O) groups excluding carboxylic acids is 1. The topological polar surface area (TPSA) is 43.8 Å². The SMILES string of the molecule is CN1CCCC(C(=O)N2CCC(C)(C)C(O)C2)C1. The largest absolute Gasteiger partial charge is 0.391 e. The van der Waals surface area contributed by atoms with Gasteiger partial charge in [0.1, 0.15) is 0 Å². The van der Waals surface area contributed by atoms with Gasteiger partial charge in [-0.05, 0) is 38.3 Å². The fourth-order valence-corrected chi connectivity index (χ4v) is 2.96. The number of rotatable bonds is 1. The van der Waals surface area contributed by atoms with Crippen LogP contribution in [0.4, 0.5) is 0 Å². The van der Waals surface area contributed by atoms with E-state index in [4.69, 9.17) is 0 Å². The number of carbonyl (C=O) groups is 1. The second kappa shape index (κ2) is 5.17. The number of β-amino-alcohol motifs (C(OH)–C–C–N with tert-alkyl or cyclic N) is 1. The van der Waals surface area contributed by atoms with E-state index in [0.717, 1.165) is 38.9 Å². The molecule has 1 amide bonds. The molecule has 2 saturated heterocycles. The van der Waals surface area contributed by atoms with Gasteiger partial charge in [-0.2, -0.15) is 0 Å². The Labute approximate surface area is 110 Å². The summed E-state index contributed by atoms with van der Waals surface area (Å²) in [5.74, 6) is 0.383. The minimum absolute atomic E-state index is 0.0554. The smallest absolute Gasteiger partial charge is 0.227 e. The van der Waals surface area contributed by atoms with Crippen LogP contribution in [0, 0.1) is 11.3 Å². The third-order valence-corrected chi connectivity index (χ3v) is 4.61. The van der Waals surface area contributed by atoms with E-state index < -0.39 is 6.10 Å². The highest BCUT2D eigenvalue weighted by Gasteiger charge is 2.38. The first-order valence-corrected chi connectivity index (χ1v) is 7.05. The minimum atomic E-state index is -0.392. The monoisotopic (exact) mass is 254 g/mol. The highest BCUT2D eigenvalue weighted by molar-refractivity contribution is 5.79. The van der Waals surface area contributed by atoms with Crippen LogP contribution in [0.25, 0.3) is 0 Å². The molecular formula is C14H26N2O2. The van der Waals surface area contributed by atoms with Crippen molar-refractivity contribution in [2.75, 3.05) is 33.2 Å². The summed E-state index contributed by atoms with van der Waals surface area (Å²) in [6, 6.07) is 0. The summed E-state index contributed by atoms with van der Waals surface area (Å²) in [6.45, 7) is 7.42. The third-order valence-electron chi connectivity index (χ3n) is 4.61. The molecule has 0 saturated carbocycles. The van der Waals surface area contributed by atoms with Crippen LogP contribution < -0.4 is 0 Å². The summed E-state index contributed by atoms with van der Waals surface area (Å²) in [7, 11) is 2.08. The first-order chi connectivity index (χ1) is 8.40. The summed E-state index contributed by atoms with van der Waals surface area (Å²) in [6.07, 6.45) is 2.60. The van der Waals surface area contributed by atoms with Crippen molar-refractivity contribution in [2.45, 2.75) is 39.2 Å². The summed E-state index contributed by atoms with van der Waals surface area (Å²) < 4.78 is 0. The Hall–Kier alpha value is -0.610.